The van der Waals surface area contributed by atoms with E-state index in [4.69, 9.17) is 9.47 Å². The summed E-state index contributed by atoms with van der Waals surface area (Å²) in [7, 11) is 0. The smallest absolute Gasteiger partial charge is 0.410 e. The third kappa shape index (κ3) is 5.43. The van der Waals surface area contributed by atoms with Gasteiger partial charge in [0.1, 0.15) is 5.00 Å². The number of rotatable bonds is 7. The van der Waals surface area contributed by atoms with Crippen molar-refractivity contribution in [2.75, 3.05) is 31.6 Å². The van der Waals surface area contributed by atoms with E-state index in [0.29, 0.717) is 36.7 Å². The molecule has 0 bridgehead atoms. The molecule has 0 fully saturated rings. The summed E-state index contributed by atoms with van der Waals surface area (Å²) in [5.74, 6) is -0.679. The topological polar surface area (TPSA) is 97.0 Å². The quantitative estimate of drug-likeness (QED) is 0.686. The van der Waals surface area contributed by atoms with Gasteiger partial charge in [-0.3, -0.25) is 4.79 Å². The van der Waals surface area contributed by atoms with Crippen LogP contribution in [0.1, 0.15) is 48.5 Å². The summed E-state index contributed by atoms with van der Waals surface area (Å²) < 4.78 is 10.2. The Balaban J connectivity index is 2.24. The highest BCUT2D eigenvalue weighted by molar-refractivity contribution is 7.17. The maximum atomic E-state index is 12.5. The van der Waals surface area contributed by atoms with Gasteiger partial charge in [-0.25, -0.2) is 9.59 Å². The van der Waals surface area contributed by atoms with Crippen molar-refractivity contribution in [2.24, 2.45) is 0 Å². The van der Waals surface area contributed by atoms with Crippen LogP contribution in [0.15, 0.2) is 0 Å². The molecule has 27 heavy (non-hydrogen) atoms. The van der Waals surface area contributed by atoms with Crippen LogP contribution in [-0.2, 0) is 27.2 Å². The highest BCUT2D eigenvalue weighted by Gasteiger charge is 2.31. The number of nitrogens with zero attached hydrogens (tertiary/aromatic N) is 1. The van der Waals surface area contributed by atoms with Gasteiger partial charge in [-0.1, -0.05) is 13.8 Å². The number of thiophene rings is 1. The Labute approximate surface area is 163 Å². The van der Waals surface area contributed by atoms with E-state index in [1.807, 2.05) is 13.8 Å². The normalized spacial score (nSPS) is 13.3. The van der Waals surface area contributed by atoms with Crippen LogP contribution in [0.2, 0.25) is 0 Å². The Hall–Kier alpha value is -2.13. The Kier molecular flexibility index (Phi) is 7.61. The lowest BCUT2D eigenvalue weighted by Crippen LogP contribution is -2.36. The van der Waals surface area contributed by atoms with Crippen LogP contribution in [0.5, 0.6) is 0 Å². The van der Waals surface area contributed by atoms with Crippen LogP contribution in [0.4, 0.5) is 9.80 Å². The standard InChI is InChI=1S/C18H27N3O5S/c1-5-25-17(23)15-12-7-8-21(18(24)26-6-2)10-13(12)27-16(15)20-14(22)9-19-11(3)4/h11,19H,5-10H2,1-4H3,(H,20,22). The second-order valence-corrected chi connectivity index (χ2v) is 7.49. The van der Waals surface area contributed by atoms with E-state index < -0.39 is 5.97 Å². The lowest BCUT2D eigenvalue weighted by atomic mass is 10.0. The molecule has 1 aliphatic rings. The van der Waals surface area contributed by atoms with Crippen molar-refractivity contribution in [3.05, 3.63) is 16.0 Å². The number of hydrogen-bond acceptors (Lipinski definition) is 7. The maximum absolute atomic E-state index is 12.5. The molecule has 0 saturated heterocycles. The summed E-state index contributed by atoms with van der Waals surface area (Å²) in [5, 5.41) is 6.33. The average Bonchev–Trinajstić information content (AvgIpc) is 2.97. The van der Waals surface area contributed by atoms with Crippen molar-refractivity contribution in [3.8, 4) is 0 Å². The monoisotopic (exact) mass is 397 g/mol. The van der Waals surface area contributed by atoms with E-state index in [-0.39, 0.29) is 31.2 Å². The van der Waals surface area contributed by atoms with Gasteiger partial charge in [-0.2, -0.15) is 0 Å². The van der Waals surface area contributed by atoms with Gasteiger partial charge in [0.05, 0.1) is 31.9 Å². The summed E-state index contributed by atoms with van der Waals surface area (Å²) in [6.45, 7) is 8.92. The minimum Gasteiger partial charge on any atom is -0.462 e. The molecular weight excluding hydrogens is 370 g/mol. The van der Waals surface area contributed by atoms with Crippen molar-refractivity contribution < 1.29 is 23.9 Å². The second kappa shape index (κ2) is 9.70. The minimum atomic E-state index is -0.452. The lowest BCUT2D eigenvalue weighted by molar-refractivity contribution is -0.115. The molecular formula is C18H27N3O5S. The molecule has 150 valence electrons. The van der Waals surface area contributed by atoms with E-state index in [2.05, 4.69) is 10.6 Å². The van der Waals surface area contributed by atoms with Crippen LogP contribution in [0.25, 0.3) is 0 Å². The number of hydrogen-bond donors (Lipinski definition) is 2. The van der Waals surface area contributed by atoms with E-state index in [1.54, 1.807) is 18.7 Å². The summed E-state index contributed by atoms with van der Waals surface area (Å²) in [6, 6.07) is 0.176. The van der Waals surface area contributed by atoms with Crippen molar-refractivity contribution in [1.82, 2.24) is 10.2 Å². The number of carbonyl (C=O) groups is 3. The molecule has 1 aliphatic heterocycles. The van der Waals surface area contributed by atoms with Gasteiger partial charge < -0.3 is 25.0 Å². The molecule has 8 nitrogen and oxygen atoms in total. The highest BCUT2D eigenvalue weighted by Crippen LogP contribution is 2.37. The first-order chi connectivity index (χ1) is 12.9. The maximum Gasteiger partial charge on any atom is 0.410 e. The predicted octanol–water partition coefficient (Wildman–Crippen LogP) is 2.38. The van der Waals surface area contributed by atoms with Crippen molar-refractivity contribution >= 4 is 34.3 Å². The van der Waals surface area contributed by atoms with Crippen LogP contribution in [0.3, 0.4) is 0 Å². The van der Waals surface area contributed by atoms with Gasteiger partial charge in [0.15, 0.2) is 0 Å². The molecule has 0 unspecified atom stereocenters. The zero-order valence-corrected chi connectivity index (χ0v) is 17.0. The van der Waals surface area contributed by atoms with Gasteiger partial charge in [-0.15, -0.1) is 11.3 Å². The van der Waals surface area contributed by atoms with Gasteiger partial charge in [-0.05, 0) is 25.8 Å². The first kappa shape index (κ1) is 21.2. The van der Waals surface area contributed by atoms with Crippen LogP contribution in [0, 0.1) is 0 Å². The zero-order valence-electron chi connectivity index (χ0n) is 16.2. The van der Waals surface area contributed by atoms with Crippen LogP contribution in [-0.4, -0.2) is 55.2 Å². The average molecular weight is 397 g/mol. The first-order valence-corrected chi connectivity index (χ1v) is 9.95. The Morgan fingerprint density at radius 2 is 1.89 bits per heavy atom. The van der Waals surface area contributed by atoms with E-state index in [0.717, 1.165) is 10.4 Å². The molecule has 0 aliphatic carbocycles. The summed E-state index contributed by atoms with van der Waals surface area (Å²) in [4.78, 5) is 39.2. The van der Waals surface area contributed by atoms with E-state index in [1.165, 1.54) is 11.3 Å². The van der Waals surface area contributed by atoms with Gasteiger partial charge in [0.25, 0.3) is 0 Å². The molecule has 2 rings (SSSR count). The number of ether oxygens (including phenoxy) is 2. The fourth-order valence-corrected chi connectivity index (χ4v) is 4.02. The van der Waals surface area contributed by atoms with Crippen molar-refractivity contribution in [2.45, 2.75) is 46.7 Å². The molecule has 0 spiro atoms. The molecule has 0 aromatic carbocycles. The fraction of sp³-hybridized carbons (Fsp3) is 0.611. The number of carbonyl (C=O) groups excluding carboxylic acids is 3. The van der Waals surface area contributed by atoms with Crippen LogP contribution < -0.4 is 10.6 Å². The summed E-state index contributed by atoms with van der Waals surface area (Å²) >= 11 is 1.31. The Morgan fingerprint density at radius 3 is 2.52 bits per heavy atom. The molecule has 1 aromatic rings. The molecule has 0 saturated carbocycles. The lowest BCUT2D eigenvalue weighted by Gasteiger charge is -2.26. The second-order valence-electron chi connectivity index (χ2n) is 6.38. The largest absolute Gasteiger partial charge is 0.462 e. The van der Waals surface area contributed by atoms with E-state index in [9.17, 15) is 14.4 Å². The number of anilines is 1. The third-order valence-corrected chi connectivity index (χ3v) is 5.12. The van der Waals surface area contributed by atoms with Gasteiger partial charge in [0.2, 0.25) is 5.91 Å². The molecule has 1 aromatic heterocycles. The number of nitrogens with one attached hydrogen (secondary N) is 2. The Bertz CT molecular complexity index is 701. The highest BCUT2D eigenvalue weighted by atomic mass is 32.1. The number of amides is 2. The molecule has 0 atom stereocenters. The number of fused-ring (bicyclic) bond motifs is 1. The summed E-state index contributed by atoms with van der Waals surface area (Å²) in [6.07, 6.45) is 0.139. The molecule has 2 N–H and O–H groups in total. The first-order valence-electron chi connectivity index (χ1n) is 9.13. The third-order valence-electron chi connectivity index (χ3n) is 3.99. The summed E-state index contributed by atoms with van der Waals surface area (Å²) in [5.41, 5.74) is 1.24. The predicted molar refractivity (Wildman–Crippen MR) is 103 cm³/mol. The minimum absolute atomic E-state index is 0.150. The SMILES string of the molecule is CCOC(=O)c1c(NC(=O)CNC(C)C)sc2c1CCN(C(=O)OCC)C2. The van der Waals surface area contributed by atoms with Gasteiger partial charge in [0, 0.05) is 17.5 Å². The molecule has 9 heteroatoms. The van der Waals surface area contributed by atoms with Gasteiger partial charge >= 0.3 is 12.1 Å². The molecule has 0 radical (unpaired) electrons. The fourth-order valence-electron chi connectivity index (χ4n) is 2.75. The van der Waals surface area contributed by atoms with Crippen LogP contribution >= 0.6 is 11.3 Å². The zero-order chi connectivity index (χ0) is 20.0. The number of esters is 1. The van der Waals surface area contributed by atoms with Crippen molar-refractivity contribution in [1.29, 1.82) is 0 Å². The molecule has 2 amide bonds. The molecule has 2 heterocycles. The Morgan fingerprint density at radius 1 is 1.19 bits per heavy atom. The van der Waals surface area contributed by atoms with E-state index >= 15 is 0 Å². The van der Waals surface area contributed by atoms with Crippen molar-refractivity contribution in [3.63, 3.8) is 0 Å².